The maximum atomic E-state index is 11.9. The summed E-state index contributed by atoms with van der Waals surface area (Å²) in [5, 5.41) is 9.79. The molecule has 0 heterocycles. The van der Waals surface area contributed by atoms with Crippen LogP contribution >= 0.6 is 0 Å². The summed E-state index contributed by atoms with van der Waals surface area (Å²) in [7, 11) is 0. The van der Waals surface area contributed by atoms with Crippen molar-refractivity contribution in [3.05, 3.63) is 30.3 Å². The highest BCUT2D eigenvalue weighted by Crippen LogP contribution is 2.71. The average molecular weight is 334 g/mol. The molecule has 1 aliphatic rings. The second kappa shape index (κ2) is 6.83. The van der Waals surface area contributed by atoms with Gasteiger partial charge in [-0.3, -0.25) is 9.59 Å². The average Bonchev–Trinajstić information content (AvgIpc) is 2.99. The first-order valence-electron chi connectivity index (χ1n) is 8.32. The number of carbonyl (C=O) groups excluding carboxylic acids is 1. The molecule has 0 amide bonds. The zero-order valence-electron chi connectivity index (χ0n) is 14.7. The molecule has 0 saturated heterocycles. The largest absolute Gasteiger partial charge is 0.493 e. The Bertz CT molecular complexity index is 593. The lowest BCUT2D eigenvalue weighted by molar-refractivity contribution is -0.150. The molecule has 1 aliphatic carbocycles. The fourth-order valence-electron chi connectivity index (χ4n) is 3.66. The molecule has 2 atom stereocenters. The Morgan fingerprint density at radius 1 is 1.21 bits per heavy atom. The van der Waals surface area contributed by atoms with E-state index >= 15 is 0 Å². The van der Waals surface area contributed by atoms with Crippen LogP contribution in [0.25, 0.3) is 0 Å². The second-order valence-electron chi connectivity index (χ2n) is 7.21. The summed E-state index contributed by atoms with van der Waals surface area (Å²) in [5.74, 6) is -0.643. The summed E-state index contributed by atoms with van der Waals surface area (Å²) in [6.07, 6.45) is 0.183. The summed E-state index contributed by atoms with van der Waals surface area (Å²) in [6.45, 7) is 7.73. The van der Waals surface area contributed by atoms with Crippen molar-refractivity contribution in [3.63, 3.8) is 0 Å². The van der Waals surface area contributed by atoms with Gasteiger partial charge in [-0.15, -0.1) is 0 Å². The van der Waals surface area contributed by atoms with Crippen LogP contribution in [0.15, 0.2) is 30.3 Å². The Morgan fingerprint density at radius 3 is 2.38 bits per heavy atom. The minimum Gasteiger partial charge on any atom is -0.493 e. The molecule has 1 aromatic carbocycles. The van der Waals surface area contributed by atoms with Crippen LogP contribution in [-0.2, 0) is 14.3 Å². The first-order valence-corrected chi connectivity index (χ1v) is 8.32. The Balaban J connectivity index is 2.02. The molecule has 24 heavy (non-hydrogen) atoms. The molecule has 5 heteroatoms. The third-order valence-electron chi connectivity index (χ3n) is 5.16. The summed E-state index contributed by atoms with van der Waals surface area (Å²) < 4.78 is 10.9. The molecule has 1 aromatic rings. The summed E-state index contributed by atoms with van der Waals surface area (Å²) in [6, 6.07) is 9.34. The number of ether oxygens (including phenoxy) is 2. The SMILES string of the molecule is CC(C)OC(=O)CCC1(C(=O)O)C(COc2ccccc2)C1(C)C. The van der Waals surface area contributed by atoms with Crippen molar-refractivity contribution in [3.8, 4) is 5.75 Å². The Hall–Kier alpha value is -2.04. The predicted molar refractivity (Wildman–Crippen MR) is 89.7 cm³/mol. The highest BCUT2D eigenvalue weighted by Gasteiger charge is 2.75. The molecule has 5 nitrogen and oxygen atoms in total. The van der Waals surface area contributed by atoms with Crippen LogP contribution in [-0.4, -0.2) is 29.8 Å². The van der Waals surface area contributed by atoms with Gasteiger partial charge in [0.1, 0.15) is 5.75 Å². The molecule has 132 valence electrons. The second-order valence-corrected chi connectivity index (χ2v) is 7.21. The van der Waals surface area contributed by atoms with E-state index in [1.807, 2.05) is 44.2 Å². The zero-order valence-corrected chi connectivity index (χ0v) is 14.7. The van der Waals surface area contributed by atoms with Crippen molar-refractivity contribution in [1.29, 1.82) is 0 Å². The number of aliphatic carboxylic acids is 1. The highest BCUT2D eigenvalue weighted by molar-refractivity contribution is 5.82. The van der Waals surface area contributed by atoms with E-state index in [1.165, 1.54) is 0 Å². The number of carboxylic acid groups (broad SMARTS) is 1. The Labute approximate surface area is 143 Å². The molecule has 0 bridgehead atoms. The summed E-state index contributed by atoms with van der Waals surface area (Å²) in [4.78, 5) is 23.7. The first kappa shape index (κ1) is 18.3. The molecular weight excluding hydrogens is 308 g/mol. The number of hydrogen-bond donors (Lipinski definition) is 1. The fraction of sp³-hybridized carbons (Fsp3) is 0.579. The number of hydrogen-bond acceptors (Lipinski definition) is 4. The smallest absolute Gasteiger partial charge is 0.310 e. The van der Waals surface area contributed by atoms with E-state index in [0.29, 0.717) is 6.61 Å². The van der Waals surface area contributed by atoms with Crippen molar-refractivity contribution in [2.45, 2.75) is 46.6 Å². The number of carbonyl (C=O) groups is 2. The van der Waals surface area contributed by atoms with Crippen molar-refractivity contribution in [2.24, 2.45) is 16.7 Å². The quantitative estimate of drug-likeness (QED) is 0.736. The fourth-order valence-corrected chi connectivity index (χ4v) is 3.66. The molecule has 0 spiro atoms. The Kier molecular flexibility index (Phi) is 5.21. The van der Waals surface area contributed by atoms with E-state index < -0.39 is 16.8 Å². The molecule has 1 N–H and O–H groups in total. The lowest BCUT2D eigenvalue weighted by Gasteiger charge is -2.16. The molecule has 0 radical (unpaired) electrons. The van der Waals surface area contributed by atoms with Crippen molar-refractivity contribution >= 4 is 11.9 Å². The van der Waals surface area contributed by atoms with Gasteiger partial charge in [-0.05, 0) is 37.8 Å². The van der Waals surface area contributed by atoms with Gasteiger partial charge in [-0.25, -0.2) is 0 Å². The van der Waals surface area contributed by atoms with E-state index in [0.717, 1.165) is 5.75 Å². The van der Waals surface area contributed by atoms with E-state index in [2.05, 4.69) is 0 Å². The maximum absolute atomic E-state index is 11.9. The van der Waals surface area contributed by atoms with Crippen LogP contribution in [0.1, 0.15) is 40.5 Å². The number of rotatable bonds is 8. The summed E-state index contributed by atoms with van der Waals surface area (Å²) >= 11 is 0. The number of benzene rings is 1. The molecule has 2 rings (SSSR count). The summed E-state index contributed by atoms with van der Waals surface area (Å²) in [5.41, 5.74) is -1.37. The number of para-hydroxylation sites is 1. The van der Waals surface area contributed by atoms with Crippen LogP contribution in [0.2, 0.25) is 0 Å². The molecule has 1 fully saturated rings. The number of carboxylic acids is 1. The van der Waals surface area contributed by atoms with Crippen molar-refractivity contribution in [2.75, 3.05) is 6.61 Å². The van der Waals surface area contributed by atoms with Gasteiger partial charge in [0.15, 0.2) is 0 Å². The van der Waals surface area contributed by atoms with E-state index in [4.69, 9.17) is 9.47 Å². The predicted octanol–water partition coefficient (Wildman–Crippen LogP) is 3.52. The highest BCUT2D eigenvalue weighted by atomic mass is 16.5. The van der Waals surface area contributed by atoms with Gasteiger partial charge in [0.25, 0.3) is 0 Å². The van der Waals surface area contributed by atoms with E-state index in [-0.39, 0.29) is 30.8 Å². The first-order chi connectivity index (χ1) is 11.2. The minimum atomic E-state index is -0.947. The maximum Gasteiger partial charge on any atom is 0.310 e. The molecule has 2 unspecified atom stereocenters. The Morgan fingerprint density at radius 2 is 1.83 bits per heavy atom. The van der Waals surface area contributed by atoms with E-state index in [1.54, 1.807) is 13.8 Å². The lowest BCUT2D eigenvalue weighted by atomic mass is 9.90. The topological polar surface area (TPSA) is 72.8 Å². The third kappa shape index (κ3) is 3.40. The zero-order chi connectivity index (χ0) is 18.0. The van der Waals surface area contributed by atoms with Gasteiger partial charge in [-0.2, -0.15) is 0 Å². The molecule has 0 aliphatic heterocycles. The van der Waals surface area contributed by atoms with Crippen LogP contribution in [0, 0.1) is 16.7 Å². The van der Waals surface area contributed by atoms with Gasteiger partial charge >= 0.3 is 11.9 Å². The lowest BCUT2D eigenvalue weighted by Crippen LogP contribution is -2.24. The van der Waals surface area contributed by atoms with Gasteiger partial charge in [0.05, 0.1) is 18.1 Å². The molecule has 1 saturated carbocycles. The molecule has 0 aromatic heterocycles. The normalized spacial score (nSPS) is 24.5. The van der Waals surface area contributed by atoms with Crippen LogP contribution in [0.4, 0.5) is 0 Å². The monoisotopic (exact) mass is 334 g/mol. The van der Waals surface area contributed by atoms with Gasteiger partial charge in [-0.1, -0.05) is 32.0 Å². The molecular formula is C19H26O5. The van der Waals surface area contributed by atoms with Crippen molar-refractivity contribution < 1.29 is 24.2 Å². The third-order valence-corrected chi connectivity index (χ3v) is 5.16. The van der Waals surface area contributed by atoms with Gasteiger partial charge in [0.2, 0.25) is 0 Å². The minimum absolute atomic E-state index is 0.107. The standard InChI is InChI=1S/C19H26O5/c1-13(2)24-16(20)10-11-19(17(21)22)15(18(19,3)4)12-23-14-8-6-5-7-9-14/h5-9,13,15H,10-12H2,1-4H3,(H,21,22). The van der Waals surface area contributed by atoms with Crippen molar-refractivity contribution in [1.82, 2.24) is 0 Å². The van der Waals surface area contributed by atoms with E-state index in [9.17, 15) is 14.7 Å². The van der Waals surface area contributed by atoms with Gasteiger partial charge < -0.3 is 14.6 Å². The van der Waals surface area contributed by atoms with Crippen LogP contribution < -0.4 is 4.74 Å². The van der Waals surface area contributed by atoms with Crippen LogP contribution in [0.3, 0.4) is 0 Å². The van der Waals surface area contributed by atoms with Crippen LogP contribution in [0.5, 0.6) is 5.75 Å². The number of esters is 1. The van der Waals surface area contributed by atoms with Gasteiger partial charge in [0, 0.05) is 12.3 Å².